The van der Waals surface area contributed by atoms with Gasteiger partial charge in [-0.3, -0.25) is 0 Å². The molecule has 0 saturated heterocycles. The van der Waals surface area contributed by atoms with E-state index in [-0.39, 0.29) is 5.56 Å². The molecule has 0 saturated carbocycles. The van der Waals surface area contributed by atoms with Gasteiger partial charge in [-0.2, -0.15) is 0 Å². The number of rotatable bonds is 5. The molecule has 1 aromatic rings. The van der Waals surface area contributed by atoms with Gasteiger partial charge in [-0.1, -0.05) is 29.3 Å². The maximum absolute atomic E-state index is 5.92. The van der Waals surface area contributed by atoms with E-state index in [4.69, 9.17) is 16.3 Å². The molecule has 1 nitrogen and oxygen atoms in total. The summed E-state index contributed by atoms with van der Waals surface area (Å²) in [6.07, 6.45) is 0. The Morgan fingerprint density at radius 1 is 1.36 bits per heavy atom. The third-order valence-electron chi connectivity index (χ3n) is 1.75. The number of halogens is 1. The summed E-state index contributed by atoms with van der Waals surface area (Å²) >= 11 is 7.64. The Morgan fingerprint density at radius 2 is 2.00 bits per heavy atom. The van der Waals surface area contributed by atoms with Crippen molar-refractivity contribution < 1.29 is 4.74 Å². The highest BCUT2D eigenvalue weighted by atomic mass is 35.5. The summed E-state index contributed by atoms with van der Waals surface area (Å²) in [7, 11) is 0. The molecular formula is C11H15ClOS. The standard InChI is InChI=1S/C11H15ClOS/c1-3-13-11(12)8-14-10-6-4-9(2)5-7-10/h4-7,11H,3,8H2,1-2H3. The second-order valence-electron chi connectivity index (χ2n) is 2.99. The smallest absolute Gasteiger partial charge is 0.140 e. The third kappa shape index (κ3) is 4.36. The first-order valence-electron chi connectivity index (χ1n) is 4.67. The first kappa shape index (κ1) is 11.9. The van der Waals surface area contributed by atoms with E-state index in [1.54, 1.807) is 11.8 Å². The summed E-state index contributed by atoms with van der Waals surface area (Å²) < 4.78 is 5.23. The fourth-order valence-corrected chi connectivity index (χ4v) is 2.09. The highest BCUT2D eigenvalue weighted by molar-refractivity contribution is 7.99. The monoisotopic (exact) mass is 230 g/mol. The Labute approximate surface area is 94.8 Å². The van der Waals surface area contributed by atoms with Crippen LogP contribution in [0.5, 0.6) is 0 Å². The van der Waals surface area contributed by atoms with Crippen molar-refractivity contribution in [2.24, 2.45) is 0 Å². The molecule has 0 aliphatic carbocycles. The molecule has 3 heteroatoms. The van der Waals surface area contributed by atoms with Gasteiger partial charge >= 0.3 is 0 Å². The lowest BCUT2D eigenvalue weighted by Crippen LogP contribution is -2.07. The zero-order chi connectivity index (χ0) is 10.4. The number of thioether (sulfide) groups is 1. The SMILES string of the molecule is CCOC(Cl)CSc1ccc(C)cc1. The van der Waals surface area contributed by atoms with Crippen LogP contribution in [0, 0.1) is 6.92 Å². The zero-order valence-electron chi connectivity index (χ0n) is 8.50. The molecule has 0 aliphatic heterocycles. The Morgan fingerprint density at radius 3 is 2.57 bits per heavy atom. The largest absolute Gasteiger partial charge is 0.362 e. The van der Waals surface area contributed by atoms with Crippen molar-refractivity contribution in [2.45, 2.75) is 24.3 Å². The number of ether oxygens (including phenoxy) is 1. The van der Waals surface area contributed by atoms with Gasteiger partial charge in [-0.05, 0) is 26.0 Å². The van der Waals surface area contributed by atoms with Crippen molar-refractivity contribution in [3.05, 3.63) is 29.8 Å². The van der Waals surface area contributed by atoms with E-state index >= 15 is 0 Å². The van der Waals surface area contributed by atoms with E-state index in [9.17, 15) is 0 Å². The highest BCUT2D eigenvalue weighted by Crippen LogP contribution is 2.20. The molecule has 0 bridgehead atoms. The summed E-state index contributed by atoms with van der Waals surface area (Å²) in [6.45, 7) is 4.70. The topological polar surface area (TPSA) is 9.23 Å². The Bertz CT molecular complexity index is 260. The number of benzene rings is 1. The van der Waals surface area contributed by atoms with Crippen LogP contribution in [-0.2, 0) is 4.74 Å². The molecule has 0 aliphatic rings. The zero-order valence-corrected chi connectivity index (χ0v) is 10.1. The van der Waals surface area contributed by atoms with Crippen molar-refractivity contribution in [1.29, 1.82) is 0 Å². The minimum atomic E-state index is -0.189. The maximum atomic E-state index is 5.92. The Kier molecular flexibility index (Phi) is 5.38. The highest BCUT2D eigenvalue weighted by Gasteiger charge is 2.03. The predicted molar refractivity (Wildman–Crippen MR) is 63.2 cm³/mol. The van der Waals surface area contributed by atoms with Crippen LogP contribution >= 0.6 is 23.4 Å². The predicted octanol–water partition coefficient (Wildman–Crippen LogP) is 3.69. The van der Waals surface area contributed by atoms with E-state index in [1.165, 1.54) is 10.5 Å². The summed E-state index contributed by atoms with van der Waals surface area (Å²) in [5, 5.41) is 0. The molecule has 1 rings (SSSR count). The fraction of sp³-hybridized carbons (Fsp3) is 0.455. The van der Waals surface area contributed by atoms with Gasteiger partial charge in [0.05, 0.1) is 0 Å². The minimum absolute atomic E-state index is 0.189. The number of hydrogen-bond acceptors (Lipinski definition) is 2. The van der Waals surface area contributed by atoms with Crippen LogP contribution in [0.1, 0.15) is 12.5 Å². The van der Waals surface area contributed by atoms with E-state index in [2.05, 4.69) is 31.2 Å². The molecule has 0 radical (unpaired) electrons. The lowest BCUT2D eigenvalue weighted by molar-refractivity contribution is 0.135. The molecule has 0 heterocycles. The number of hydrogen-bond donors (Lipinski definition) is 0. The van der Waals surface area contributed by atoms with Crippen LogP contribution in [0.15, 0.2) is 29.2 Å². The second kappa shape index (κ2) is 6.33. The van der Waals surface area contributed by atoms with Gasteiger partial charge in [-0.15, -0.1) is 11.8 Å². The minimum Gasteiger partial charge on any atom is -0.362 e. The molecule has 1 aromatic carbocycles. The van der Waals surface area contributed by atoms with Crippen molar-refractivity contribution in [3.63, 3.8) is 0 Å². The van der Waals surface area contributed by atoms with Crippen molar-refractivity contribution in [3.8, 4) is 0 Å². The van der Waals surface area contributed by atoms with Crippen LogP contribution in [0.3, 0.4) is 0 Å². The molecule has 0 fully saturated rings. The molecule has 1 atom stereocenters. The van der Waals surface area contributed by atoms with Crippen LogP contribution < -0.4 is 0 Å². The van der Waals surface area contributed by atoms with Crippen LogP contribution in [0.2, 0.25) is 0 Å². The molecule has 0 spiro atoms. The van der Waals surface area contributed by atoms with Crippen molar-refractivity contribution >= 4 is 23.4 Å². The van der Waals surface area contributed by atoms with Crippen molar-refractivity contribution in [2.75, 3.05) is 12.4 Å². The first-order valence-corrected chi connectivity index (χ1v) is 6.09. The van der Waals surface area contributed by atoms with Crippen molar-refractivity contribution in [1.82, 2.24) is 0 Å². The summed E-state index contributed by atoms with van der Waals surface area (Å²) in [6, 6.07) is 8.42. The average molecular weight is 231 g/mol. The summed E-state index contributed by atoms with van der Waals surface area (Å²) in [4.78, 5) is 1.24. The lowest BCUT2D eigenvalue weighted by atomic mass is 10.2. The van der Waals surface area contributed by atoms with Gasteiger partial charge in [0.15, 0.2) is 0 Å². The number of alkyl halides is 1. The molecule has 0 N–H and O–H groups in total. The van der Waals surface area contributed by atoms with Gasteiger partial charge in [0, 0.05) is 17.3 Å². The van der Waals surface area contributed by atoms with E-state index < -0.39 is 0 Å². The fourth-order valence-electron chi connectivity index (χ4n) is 1.03. The van der Waals surface area contributed by atoms with Crippen LogP contribution in [0.4, 0.5) is 0 Å². The second-order valence-corrected chi connectivity index (χ2v) is 4.57. The van der Waals surface area contributed by atoms with E-state index in [1.807, 2.05) is 6.92 Å². The third-order valence-corrected chi connectivity index (χ3v) is 3.29. The van der Waals surface area contributed by atoms with Gasteiger partial charge in [-0.25, -0.2) is 0 Å². The number of aryl methyl sites for hydroxylation is 1. The van der Waals surface area contributed by atoms with E-state index in [0.29, 0.717) is 6.61 Å². The average Bonchev–Trinajstić information content (AvgIpc) is 2.17. The normalized spacial score (nSPS) is 12.8. The Balaban J connectivity index is 2.34. The lowest BCUT2D eigenvalue weighted by Gasteiger charge is -2.08. The summed E-state index contributed by atoms with van der Waals surface area (Å²) in [5.74, 6) is 0.790. The van der Waals surface area contributed by atoms with Crippen LogP contribution in [0.25, 0.3) is 0 Å². The summed E-state index contributed by atoms with van der Waals surface area (Å²) in [5.41, 5.74) is 1.09. The van der Waals surface area contributed by atoms with Crippen LogP contribution in [-0.4, -0.2) is 17.9 Å². The first-order chi connectivity index (χ1) is 6.72. The van der Waals surface area contributed by atoms with Gasteiger partial charge < -0.3 is 4.74 Å². The van der Waals surface area contributed by atoms with Gasteiger partial charge in [0.25, 0.3) is 0 Å². The quantitative estimate of drug-likeness (QED) is 0.564. The molecule has 0 amide bonds. The van der Waals surface area contributed by atoms with Gasteiger partial charge in [0.2, 0.25) is 0 Å². The maximum Gasteiger partial charge on any atom is 0.140 e. The van der Waals surface area contributed by atoms with E-state index in [0.717, 1.165) is 5.75 Å². The Hall–Kier alpha value is -0.180. The molecular weight excluding hydrogens is 216 g/mol. The molecule has 14 heavy (non-hydrogen) atoms. The molecule has 1 unspecified atom stereocenters. The van der Waals surface area contributed by atoms with Gasteiger partial charge in [0.1, 0.15) is 5.56 Å². The molecule has 0 aromatic heterocycles. The molecule has 78 valence electrons.